The van der Waals surface area contributed by atoms with E-state index in [1.165, 1.54) is 12.1 Å². The summed E-state index contributed by atoms with van der Waals surface area (Å²) in [7, 11) is 0. The number of halogens is 1. The number of aliphatic hydroxyl groups is 1. The van der Waals surface area contributed by atoms with Gasteiger partial charge in [-0.2, -0.15) is 0 Å². The molecule has 0 aliphatic carbocycles. The molecule has 0 amide bonds. The Morgan fingerprint density at radius 1 is 1.17 bits per heavy atom. The second-order valence-corrected chi connectivity index (χ2v) is 4.99. The molecular formula is C15H24FNO. The molecule has 18 heavy (non-hydrogen) atoms. The Morgan fingerprint density at radius 2 is 1.78 bits per heavy atom. The zero-order chi connectivity index (χ0) is 13.5. The minimum Gasteiger partial charge on any atom is -0.388 e. The lowest BCUT2D eigenvalue weighted by Crippen LogP contribution is -2.33. The van der Waals surface area contributed by atoms with Gasteiger partial charge in [0.25, 0.3) is 0 Å². The Kier molecular flexibility index (Phi) is 6.30. The van der Waals surface area contributed by atoms with E-state index in [0.717, 1.165) is 25.1 Å². The topological polar surface area (TPSA) is 23.5 Å². The lowest BCUT2D eigenvalue weighted by atomic mass is 10.1. The summed E-state index contributed by atoms with van der Waals surface area (Å²) in [5.74, 6) is -0.263. The van der Waals surface area contributed by atoms with Crippen molar-refractivity contribution in [2.45, 2.75) is 45.8 Å². The molecule has 0 spiro atoms. The average Bonchev–Trinajstić information content (AvgIpc) is 2.34. The third kappa shape index (κ3) is 4.75. The molecule has 0 saturated heterocycles. The highest BCUT2D eigenvalue weighted by Crippen LogP contribution is 2.18. The summed E-state index contributed by atoms with van der Waals surface area (Å²) in [5.41, 5.74) is 0.789. The van der Waals surface area contributed by atoms with Gasteiger partial charge in [-0.05, 0) is 50.9 Å². The molecule has 3 heteroatoms. The summed E-state index contributed by atoms with van der Waals surface area (Å²) >= 11 is 0. The fourth-order valence-corrected chi connectivity index (χ4v) is 2.06. The van der Waals surface area contributed by atoms with Crippen LogP contribution < -0.4 is 0 Å². The van der Waals surface area contributed by atoms with E-state index in [1.54, 1.807) is 12.1 Å². The van der Waals surface area contributed by atoms with Crippen LogP contribution in [-0.4, -0.2) is 29.1 Å². The van der Waals surface area contributed by atoms with Gasteiger partial charge in [-0.25, -0.2) is 4.39 Å². The molecular weight excluding hydrogens is 229 g/mol. The fraction of sp³-hybridized carbons (Fsp3) is 0.600. The van der Waals surface area contributed by atoms with E-state index in [0.29, 0.717) is 12.5 Å². The van der Waals surface area contributed by atoms with Crippen molar-refractivity contribution in [2.75, 3.05) is 13.1 Å². The zero-order valence-corrected chi connectivity index (χ0v) is 11.6. The van der Waals surface area contributed by atoms with Gasteiger partial charge in [0.05, 0.1) is 6.10 Å². The van der Waals surface area contributed by atoms with Crippen LogP contribution in [0, 0.1) is 5.82 Å². The first-order valence-electron chi connectivity index (χ1n) is 6.72. The van der Waals surface area contributed by atoms with Crippen LogP contribution >= 0.6 is 0 Å². The second kappa shape index (κ2) is 7.49. The number of hydrogen-bond donors (Lipinski definition) is 1. The molecule has 0 aliphatic heterocycles. The molecule has 0 aliphatic rings. The van der Waals surface area contributed by atoms with Gasteiger partial charge >= 0.3 is 0 Å². The van der Waals surface area contributed by atoms with Crippen molar-refractivity contribution in [3.05, 3.63) is 35.6 Å². The fourth-order valence-electron chi connectivity index (χ4n) is 2.06. The quantitative estimate of drug-likeness (QED) is 0.805. The number of aliphatic hydroxyl groups excluding tert-OH is 1. The summed E-state index contributed by atoms with van der Waals surface area (Å²) in [4.78, 5) is 2.35. The van der Waals surface area contributed by atoms with E-state index >= 15 is 0 Å². The highest BCUT2D eigenvalue weighted by atomic mass is 19.1. The maximum Gasteiger partial charge on any atom is 0.123 e. The number of rotatable bonds is 7. The molecule has 0 fully saturated rings. The van der Waals surface area contributed by atoms with Gasteiger partial charge in [-0.1, -0.05) is 19.1 Å². The summed E-state index contributed by atoms with van der Waals surface area (Å²) in [6.07, 6.45) is 1.29. The SMILES string of the molecule is CCCN(CCC(O)c1ccc(F)cc1)C(C)C. The minimum atomic E-state index is -0.510. The van der Waals surface area contributed by atoms with E-state index in [-0.39, 0.29) is 5.82 Å². The van der Waals surface area contributed by atoms with E-state index in [1.807, 2.05) is 0 Å². The predicted molar refractivity (Wildman–Crippen MR) is 73.0 cm³/mol. The zero-order valence-electron chi connectivity index (χ0n) is 11.6. The molecule has 0 bridgehead atoms. The van der Waals surface area contributed by atoms with Crippen LogP contribution in [0.15, 0.2) is 24.3 Å². The summed E-state index contributed by atoms with van der Waals surface area (Å²) < 4.78 is 12.8. The summed E-state index contributed by atoms with van der Waals surface area (Å²) in [6.45, 7) is 8.41. The Morgan fingerprint density at radius 3 is 2.28 bits per heavy atom. The Balaban J connectivity index is 2.48. The van der Waals surface area contributed by atoms with Gasteiger partial charge in [-0.15, -0.1) is 0 Å². The molecule has 0 heterocycles. The number of nitrogens with zero attached hydrogens (tertiary/aromatic N) is 1. The highest BCUT2D eigenvalue weighted by molar-refractivity contribution is 5.18. The molecule has 0 radical (unpaired) electrons. The van der Waals surface area contributed by atoms with Crippen molar-refractivity contribution in [1.29, 1.82) is 0 Å². The first-order chi connectivity index (χ1) is 8.54. The van der Waals surface area contributed by atoms with Gasteiger partial charge in [-0.3, -0.25) is 0 Å². The van der Waals surface area contributed by atoms with E-state index in [9.17, 15) is 9.50 Å². The third-order valence-corrected chi connectivity index (χ3v) is 3.19. The molecule has 1 atom stereocenters. The molecule has 1 rings (SSSR count). The van der Waals surface area contributed by atoms with Crippen molar-refractivity contribution < 1.29 is 9.50 Å². The first kappa shape index (κ1) is 15.1. The predicted octanol–water partition coefficient (Wildman–Crippen LogP) is 3.37. The van der Waals surface area contributed by atoms with Crippen LogP contribution in [0.2, 0.25) is 0 Å². The first-order valence-corrected chi connectivity index (χ1v) is 6.72. The number of benzene rings is 1. The Hall–Kier alpha value is -0.930. The van der Waals surface area contributed by atoms with Crippen molar-refractivity contribution in [3.8, 4) is 0 Å². The summed E-state index contributed by atoms with van der Waals surface area (Å²) in [6, 6.07) is 6.58. The maximum atomic E-state index is 12.8. The van der Waals surface area contributed by atoms with Gasteiger partial charge in [0.15, 0.2) is 0 Å². The average molecular weight is 253 g/mol. The van der Waals surface area contributed by atoms with Crippen LogP contribution in [0.3, 0.4) is 0 Å². The lowest BCUT2D eigenvalue weighted by molar-refractivity contribution is 0.130. The minimum absolute atomic E-state index is 0.263. The summed E-state index contributed by atoms with van der Waals surface area (Å²) in [5, 5.41) is 10.1. The smallest absolute Gasteiger partial charge is 0.123 e. The number of hydrogen-bond acceptors (Lipinski definition) is 2. The van der Waals surface area contributed by atoms with Crippen LogP contribution in [0.1, 0.15) is 45.3 Å². The molecule has 1 unspecified atom stereocenters. The largest absolute Gasteiger partial charge is 0.388 e. The van der Waals surface area contributed by atoms with Crippen LogP contribution in [0.4, 0.5) is 4.39 Å². The van der Waals surface area contributed by atoms with Crippen molar-refractivity contribution in [1.82, 2.24) is 4.90 Å². The third-order valence-electron chi connectivity index (χ3n) is 3.19. The molecule has 1 aromatic carbocycles. The molecule has 102 valence electrons. The van der Waals surface area contributed by atoms with Crippen molar-refractivity contribution >= 4 is 0 Å². The highest BCUT2D eigenvalue weighted by Gasteiger charge is 2.12. The van der Waals surface area contributed by atoms with Crippen LogP contribution in [0.25, 0.3) is 0 Å². The molecule has 1 aromatic rings. The molecule has 0 aromatic heterocycles. The van der Waals surface area contributed by atoms with E-state index < -0.39 is 6.10 Å². The van der Waals surface area contributed by atoms with Crippen molar-refractivity contribution in [3.63, 3.8) is 0 Å². The van der Waals surface area contributed by atoms with Crippen LogP contribution in [0.5, 0.6) is 0 Å². The van der Waals surface area contributed by atoms with E-state index in [2.05, 4.69) is 25.7 Å². The Labute approximate surface area is 109 Å². The standard InChI is InChI=1S/C15H24FNO/c1-4-10-17(12(2)3)11-9-15(18)13-5-7-14(16)8-6-13/h5-8,12,15,18H,4,9-11H2,1-3H3. The monoisotopic (exact) mass is 253 g/mol. The second-order valence-electron chi connectivity index (χ2n) is 4.99. The van der Waals surface area contributed by atoms with Gasteiger partial charge in [0, 0.05) is 12.6 Å². The van der Waals surface area contributed by atoms with Crippen LogP contribution in [-0.2, 0) is 0 Å². The van der Waals surface area contributed by atoms with E-state index in [4.69, 9.17) is 0 Å². The van der Waals surface area contributed by atoms with Crippen molar-refractivity contribution in [2.24, 2.45) is 0 Å². The molecule has 1 N–H and O–H groups in total. The van der Waals surface area contributed by atoms with Gasteiger partial charge in [0.1, 0.15) is 5.82 Å². The molecule has 0 saturated carbocycles. The van der Waals surface area contributed by atoms with Gasteiger partial charge in [0.2, 0.25) is 0 Å². The normalized spacial score (nSPS) is 13.3. The maximum absolute atomic E-state index is 12.8. The lowest BCUT2D eigenvalue weighted by Gasteiger charge is -2.27. The Bertz CT molecular complexity index is 337. The molecule has 2 nitrogen and oxygen atoms in total. The van der Waals surface area contributed by atoms with Gasteiger partial charge < -0.3 is 10.0 Å².